The molecule has 9 heteroatoms. The molecule has 0 N–H and O–H groups in total. The van der Waals surface area contributed by atoms with Gasteiger partial charge in [-0.25, -0.2) is 17.6 Å². The predicted molar refractivity (Wildman–Crippen MR) is 134 cm³/mol. The molecule has 1 aliphatic heterocycles. The lowest BCUT2D eigenvalue weighted by Crippen LogP contribution is -2.42. The van der Waals surface area contributed by atoms with Gasteiger partial charge in [0.15, 0.2) is 11.6 Å². The summed E-state index contributed by atoms with van der Waals surface area (Å²) in [4.78, 5) is 0. The Balaban J connectivity index is 1.41. The summed E-state index contributed by atoms with van der Waals surface area (Å²) in [5, 5.41) is 0. The lowest BCUT2D eigenvalue weighted by Gasteiger charge is -2.41. The first-order valence-corrected chi connectivity index (χ1v) is 13.8. The van der Waals surface area contributed by atoms with Gasteiger partial charge in [0.2, 0.25) is 5.82 Å². The zero-order valence-corrected chi connectivity index (χ0v) is 22.2. The highest BCUT2D eigenvalue weighted by atomic mass is 19.3. The average Bonchev–Trinajstić information content (AvgIpc) is 2.88. The van der Waals surface area contributed by atoms with Gasteiger partial charge in [-0.1, -0.05) is 38.8 Å². The standard InChI is InChI=1S/C30H35F7O2/c1-3-5-18-7-12-23(24(31)15-18)30(36,37)39-26-14-11-22(27(32)28(26)33)20-9-13-25(38-17-20)19-8-10-21(6-4-2)29(34,35)16-19/h7,11-12,14-15,19-21,25H,3-6,8-10,13,16-17H2,1-2H3. The molecule has 2 aliphatic rings. The van der Waals surface area contributed by atoms with Gasteiger partial charge in [-0.05, 0) is 73.8 Å². The molecular weight excluding hydrogens is 525 g/mol. The third-order valence-corrected chi connectivity index (χ3v) is 8.13. The fourth-order valence-electron chi connectivity index (χ4n) is 6.03. The van der Waals surface area contributed by atoms with E-state index < -0.39 is 52.6 Å². The van der Waals surface area contributed by atoms with E-state index in [1.165, 1.54) is 6.07 Å². The van der Waals surface area contributed by atoms with Gasteiger partial charge in [0.1, 0.15) is 5.82 Å². The van der Waals surface area contributed by atoms with E-state index in [0.717, 1.165) is 24.3 Å². The van der Waals surface area contributed by atoms with Gasteiger partial charge in [-0.15, -0.1) is 0 Å². The van der Waals surface area contributed by atoms with E-state index in [1.807, 2.05) is 13.8 Å². The fraction of sp³-hybridized carbons (Fsp3) is 0.600. The molecule has 4 atom stereocenters. The zero-order chi connectivity index (χ0) is 28.4. The Kier molecular flexibility index (Phi) is 9.19. The van der Waals surface area contributed by atoms with Crippen molar-refractivity contribution in [2.75, 3.05) is 6.61 Å². The minimum Gasteiger partial charge on any atom is -0.426 e. The van der Waals surface area contributed by atoms with Crippen molar-refractivity contribution in [1.29, 1.82) is 0 Å². The van der Waals surface area contributed by atoms with Gasteiger partial charge < -0.3 is 9.47 Å². The van der Waals surface area contributed by atoms with Crippen LogP contribution in [0.5, 0.6) is 5.75 Å². The van der Waals surface area contributed by atoms with E-state index >= 15 is 0 Å². The number of hydrogen-bond donors (Lipinski definition) is 0. The molecule has 1 saturated heterocycles. The molecule has 4 unspecified atom stereocenters. The van der Waals surface area contributed by atoms with E-state index in [0.29, 0.717) is 56.9 Å². The number of benzene rings is 2. The summed E-state index contributed by atoms with van der Waals surface area (Å²) in [6, 6.07) is 5.25. The largest absolute Gasteiger partial charge is 0.429 e. The molecule has 1 saturated carbocycles. The van der Waals surface area contributed by atoms with Crippen LogP contribution in [-0.2, 0) is 17.3 Å². The number of hydrogen-bond acceptors (Lipinski definition) is 2. The van der Waals surface area contributed by atoms with Crippen LogP contribution in [0.3, 0.4) is 0 Å². The van der Waals surface area contributed by atoms with Gasteiger partial charge >= 0.3 is 6.11 Å². The van der Waals surface area contributed by atoms with Crippen LogP contribution in [0.15, 0.2) is 30.3 Å². The number of aryl methyl sites for hydroxylation is 1. The first-order valence-electron chi connectivity index (χ1n) is 13.8. The maximum absolute atomic E-state index is 15.0. The molecule has 2 nitrogen and oxygen atoms in total. The molecule has 0 aromatic heterocycles. The SMILES string of the molecule is CCCc1ccc(C(F)(F)Oc2ccc(C3CCC(C4CCC(CCC)C(F)(F)C4)OC3)c(F)c2F)c(F)c1. The fourth-order valence-corrected chi connectivity index (χ4v) is 6.03. The molecule has 4 rings (SSSR count). The molecule has 0 spiro atoms. The number of halogens is 7. The molecule has 0 bridgehead atoms. The van der Waals surface area contributed by atoms with E-state index in [-0.39, 0.29) is 30.6 Å². The monoisotopic (exact) mass is 560 g/mol. The minimum absolute atomic E-state index is 0.00711. The molecule has 2 aromatic rings. The second-order valence-corrected chi connectivity index (χ2v) is 10.9. The van der Waals surface area contributed by atoms with Crippen LogP contribution in [0.25, 0.3) is 0 Å². The molecule has 1 heterocycles. The Morgan fingerprint density at radius 3 is 2.33 bits per heavy atom. The van der Waals surface area contributed by atoms with Gasteiger partial charge in [0.25, 0.3) is 5.92 Å². The highest BCUT2D eigenvalue weighted by Gasteiger charge is 2.47. The van der Waals surface area contributed by atoms with Crippen LogP contribution in [0.4, 0.5) is 30.7 Å². The third-order valence-electron chi connectivity index (χ3n) is 8.13. The maximum atomic E-state index is 15.0. The summed E-state index contributed by atoms with van der Waals surface area (Å²) in [5.74, 6) is -9.42. The van der Waals surface area contributed by atoms with Crippen molar-refractivity contribution in [3.63, 3.8) is 0 Å². The molecular formula is C30H35F7O2. The second kappa shape index (κ2) is 12.1. The summed E-state index contributed by atoms with van der Waals surface area (Å²) in [6.45, 7) is 3.76. The van der Waals surface area contributed by atoms with Crippen molar-refractivity contribution in [1.82, 2.24) is 0 Å². The van der Waals surface area contributed by atoms with Gasteiger partial charge in [-0.2, -0.15) is 13.2 Å². The van der Waals surface area contributed by atoms with Crippen LogP contribution in [0.1, 0.15) is 87.8 Å². The predicted octanol–water partition coefficient (Wildman–Crippen LogP) is 9.30. The van der Waals surface area contributed by atoms with Crippen molar-refractivity contribution < 1.29 is 40.2 Å². The van der Waals surface area contributed by atoms with Crippen LogP contribution < -0.4 is 4.74 Å². The normalized spacial score (nSPS) is 25.5. The van der Waals surface area contributed by atoms with E-state index in [9.17, 15) is 30.7 Å². The van der Waals surface area contributed by atoms with E-state index in [1.54, 1.807) is 0 Å². The molecule has 0 radical (unpaired) electrons. The van der Waals surface area contributed by atoms with Crippen molar-refractivity contribution in [3.05, 3.63) is 64.5 Å². The lowest BCUT2D eigenvalue weighted by atomic mass is 9.73. The first kappa shape index (κ1) is 29.7. The van der Waals surface area contributed by atoms with Gasteiger partial charge in [0, 0.05) is 18.3 Å². The molecule has 2 fully saturated rings. The quantitative estimate of drug-likeness (QED) is 0.285. The smallest absolute Gasteiger partial charge is 0.426 e. The van der Waals surface area contributed by atoms with Gasteiger partial charge in [0.05, 0.1) is 18.3 Å². The Morgan fingerprint density at radius 1 is 0.949 bits per heavy atom. The Hall–Kier alpha value is -2.29. The topological polar surface area (TPSA) is 18.5 Å². The van der Waals surface area contributed by atoms with Crippen LogP contribution in [-0.4, -0.2) is 18.6 Å². The average molecular weight is 561 g/mol. The van der Waals surface area contributed by atoms with Crippen LogP contribution in [0, 0.1) is 29.3 Å². The van der Waals surface area contributed by atoms with Crippen LogP contribution >= 0.6 is 0 Å². The molecule has 0 amide bonds. The summed E-state index contributed by atoms with van der Waals surface area (Å²) in [5.41, 5.74) is -0.605. The van der Waals surface area contributed by atoms with Crippen molar-refractivity contribution in [3.8, 4) is 5.75 Å². The third kappa shape index (κ3) is 6.55. The second-order valence-electron chi connectivity index (χ2n) is 10.9. The summed E-state index contributed by atoms with van der Waals surface area (Å²) in [7, 11) is 0. The number of rotatable bonds is 9. The highest BCUT2D eigenvalue weighted by Crippen LogP contribution is 2.47. The summed E-state index contributed by atoms with van der Waals surface area (Å²) in [6.07, 6.45) is -0.586. The summed E-state index contributed by atoms with van der Waals surface area (Å²) >= 11 is 0. The Labute approximate surface area is 224 Å². The van der Waals surface area contributed by atoms with Crippen molar-refractivity contribution >= 4 is 0 Å². The number of alkyl halides is 4. The maximum Gasteiger partial charge on any atom is 0.429 e. The zero-order valence-electron chi connectivity index (χ0n) is 22.2. The number of ether oxygens (including phenoxy) is 2. The molecule has 39 heavy (non-hydrogen) atoms. The first-order chi connectivity index (χ1) is 18.5. The van der Waals surface area contributed by atoms with Crippen molar-refractivity contribution in [2.24, 2.45) is 11.8 Å². The molecule has 216 valence electrons. The Morgan fingerprint density at radius 2 is 1.72 bits per heavy atom. The highest BCUT2D eigenvalue weighted by molar-refractivity contribution is 5.35. The Bertz CT molecular complexity index is 1130. The lowest BCUT2D eigenvalue weighted by molar-refractivity contribution is -0.189. The molecule has 1 aliphatic carbocycles. The van der Waals surface area contributed by atoms with Crippen LogP contribution in [0.2, 0.25) is 0 Å². The van der Waals surface area contributed by atoms with Gasteiger partial charge in [-0.3, -0.25) is 0 Å². The summed E-state index contributed by atoms with van der Waals surface area (Å²) < 4.78 is 113. The van der Waals surface area contributed by atoms with Crippen molar-refractivity contribution in [2.45, 2.75) is 95.7 Å². The molecule has 2 aromatic carbocycles. The van der Waals surface area contributed by atoms with E-state index in [4.69, 9.17) is 4.74 Å². The van der Waals surface area contributed by atoms with E-state index in [2.05, 4.69) is 4.74 Å². The minimum atomic E-state index is -4.23.